The second-order valence-electron chi connectivity index (χ2n) is 4.33. The largest absolute Gasteiger partial charge is 0.487 e. The van der Waals surface area contributed by atoms with Gasteiger partial charge in [-0.3, -0.25) is 4.98 Å². The Labute approximate surface area is 126 Å². The van der Waals surface area contributed by atoms with Gasteiger partial charge in [0.05, 0.1) is 5.69 Å². The van der Waals surface area contributed by atoms with Crippen LogP contribution < -0.4 is 10.1 Å². The standard InChI is InChI=1S/C15H16BrFN2O/c1-2-18-8-11-5-13(17)7-15(6-11)20-10-14-4-3-12(16)9-19-14/h3-7,9,18H,2,8,10H2,1H3. The van der Waals surface area contributed by atoms with Gasteiger partial charge in [0.2, 0.25) is 0 Å². The number of pyridine rings is 1. The van der Waals surface area contributed by atoms with E-state index in [1.807, 2.05) is 25.1 Å². The molecule has 0 saturated carbocycles. The van der Waals surface area contributed by atoms with Gasteiger partial charge in [-0.1, -0.05) is 6.92 Å². The third kappa shape index (κ3) is 4.58. The molecule has 1 aromatic heterocycles. The van der Waals surface area contributed by atoms with E-state index in [0.717, 1.165) is 22.3 Å². The first-order chi connectivity index (χ1) is 9.67. The van der Waals surface area contributed by atoms with Gasteiger partial charge in [0.15, 0.2) is 0 Å². The fourth-order valence-electron chi connectivity index (χ4n) is 1.72. The summed E-state index contributed by atoms with van der Waals surface area (Å²) in [5.74, 6) is 0.224. The SMILES string of the molecule is CCNCc1cc(F)cc(OCc2ccc(Br)cn2)c1. The van der Waals surface area contributed by atoms with Gasteiger partial charge in [-0.2, -0.15) is 0 Å². The van der Waals surface area contributed by atoms with Gasteiger partial charge in [-0.05, 0) is 52.3 Å². The van der Waals surface area contributed by atoms with Crippen molar-refractivity contribution in [1.82, 2.24) is 10.3 Å². The van der Waals surface area contributed by atoms with Gasteiger partial charge < -0.3 is 10.1 Å². The van der Waals surface area contributed by atoms with Gasteiger partial charge in [0, 0.05) is 23.3 Å². The highest BCUT2D eigenvalue weighted by Crippen LogP contribution is 2.18. The van der Waals surface area contributed by atoms with E-state index in [-0.39, 0.29) is 5.82 Å². The molecule has 1 aromatic carbocycles. The van der Waals surface area contributed by atoms with Crippen LogP contribution in [-0.4, -0.2) is 11.5 Å². The fraction of sp³-hybridized carbons (Fsp3) is 0.267. The quantitative estimate of drug-likeness (QED) is 0.872. The molecule has 0 radical (unpaired) electrons. The van der Waals surface area contributed by atoms with Crippen LogP contribution in [0.5, 0.6) is 5.75 Å². The zero-order chi connectivity index (χ0) is 14.4. The molecule has 0 aliphatic heterocycles. The Hall–Kier alpha value is -1.46. The topological polar surface area (TPSA) is 34.1 Å². The molecule has 0 unspecified atom stereocenters. The zero-order valence-electron chi connectivity index (χ0n) is 11.2. The number of benzene rings is 1. The van der Waals surface area contributed by atoms with Crippen molar-refractivity contribution in [2.75, 3.05) is 6.54 Å². The van der Waals surface area contributed by atoms with Crippen molar-refractivity contribution in [3.63, 3.8) is 0 Å². The van der Waals surface area contributed by atoms with Crippen LogP contribution in [0.3, 0.4) is 0 Å². The molecule has 0 fully saturated rings. The lowest BCUT2D eigenvalue weighted by atomic mass is 10.2. The highest BCUT2D eigenvalue weighted by atomic mass is 79.9. The fourth-order valence-corrected chi connectivity index (χ4v) is 1.96. The van der Waals surface area contributed by atoms with Crippen LogP contribution in [-0.2, 0) is 13.2 Å². The number of rotatable bonds is 6. The second-order valence-corrected chi connectivity index (χ2v) is 5.25. The number of nitrogens with one attached hydrogen (secondary N) is 1. The molecule has 0 atom stereocenters. The van der Waals surface area contributed by atoms with E-state index < -0.39 is 0 Å². The summed E-state index contributed by atoms with van der Waals surface area (Å²) in [7, 11) is 0. The molecule has 0 amide bonds. The van der Waals surface area contributed by atoms with E-state index in [4.69, 9.17) is 4.74 Å². The van der Waals surface area contributed by atoms with Gasteiger partial charge >= 0.3 is 0 Å². The first-order valence-electron chi connectivity index (χ1n) is 6.41. The minimum Gasteiger partial charge on any atom is -0.487 e. The molecular formula is C15H16BrFN2O. The highest BCUT2D eigenvalue weighted by Gasteiger charge is 2.03. The molecule has 20 heavy (non-hydrogen) atoms. The molecule has 0 bridgehead atoms. The van der Waals surface area contributed by atoms with E-state index in [2.05, 4.69) is 26.2 Å². The summed E-state index contributed by atoms with van der Waals surface area (Å²) in [6.07, 6.45) is 1.71. The lowest BCUT2D eigenvalue weighted by Gasteiger charge is -2.09. The Kier molecular flexibility index (Phi) is 5.49. The number of halogens is 2. The summed E-state index contributed by atoms with van der Waals surface area (Å²) < 4.78 is 20.0. The molecular weight excluding hydrogens is 323 g/mol. The molecule has 1 N–H and O–H groups in total. The molecule has 2 rings (SSSR count). The van der Waals surface area contributed by atoms with Gasteiger partial charge in [0.1, 0.15) is 18.2 Å². The van der Waals surface area contributed by atoms with Crippen LogP contribution in [0.2, 0.25) is 0 Å². The molecule has 0 aliphatic carbocycles. The Morgan fingerprint density at radius 1 is 1.30 bits per heavy atom. The van der Waals surface area contributed by atoms with Crippen molar-refractivity contribution in [3.8, 4) is 5.75 Å². The summed E-state index contributed by atoms with van der Waals surface area (Å²) in [6.45, 7) is 3.80. The van der Waals surface area contributed by atoms with E-state index in [1.54, 1.807) is 6.20 Å². The number of hydrogen-bond donors (Lipinski definition) is 1. The Bertz CT molecular complexity index is 560. The Balaban J connectivity index is 2.01. The summed E-state index contributed by atoms with van der Waals surface area (Å²) in [4.78, 5) is 4.21. The molecule has 1 heterocycles. The van der Waals surface area contributed by atoms with E-state index in [1.165, 1.54) is 12.1 Å². The molecule has 5 heteroatoms. The maximum Gasteiger partial charge on any atom is 0.130 e. The average Bonchev–Trinajstić information content (AvgIpc) is 2.44. The summed E-state index contributed by atoms with van der Waals surface area (Å²) in [5, 5.41) is 3.16. The molecule has 0 spiro atoms. The zero-order valence-corrected chi connectivity index (χ0v) is 12.8. The lowest BCUT2D eigenvalue weighted by Crippen LogP contribution is -2.12. The van der Waals surface area contributed by atoms with Crippen molar-refractivity contribution in [2.45, 2.75) is 20.1 Å². The molecule has 2 aromatic rings. The van der Waals surface area contributed by atoms with Crippen molar-refractivity contribution in [1.29, 1.82) is 0 Å². The monoisotopic (exact) mass is 338 g/mol. The molecule has 0 saturated heterocycles. The van der Waals surface area contributed by atoms with Gasteiger partial charge in [0.25, 0.3) is 0 Å². The third-order valence-corrected chi connectivity index (χ3v) is 3.15. The highest BCUT2D eigenvalue weighted by molar-refractivity contribution is 9.10. The van der Waals surface area contributed by atoms with Crippen molar-refractivity contribution >= 4 is 15.9 Å². The van der Waals surface area contributed by atoms with E-state index >= 15 is 0 Å². The van der Waals surface area contributed by atoms with Crippen LogP contribution >= 0.6 is 15.9 Å². The lowest BCUT2D eigenvalue weighted by molar-refractivity contribution is 0.299. The molecule has 3 nitrogen and oxygen atoms in total. The maximum atomic E-state index is 13.5. The first kappa shape index (κ1) is 14.9. The maximum absolute atomic E-state index is 13.5. The van der Waals surface area contributed by atoms with Crippen molar-refractivity contribution in [2.24, 2.45) is 0 Å². The second kappa shape index (κ2) is 7.36. The number of ether oxygens (including phenoxy) is 1. The smallest absolute Gasteiger partial charge is 0.130 e. The van der Waals surface area contributed by atoms with Gasteiger partial charge in [-0.15, -0.1) is 0 Å². The Morgan fingerprint density at radius 3 is 2.85 bits per heavy atom. The number of aromatic nitrogens is 1. The van der Waals surface area contributed by atoms with Crippen LogP contribution in [0.4, 0.5) is 4.39 Å². The van der Waals surface area contributed by atoms with E-state index in [9.17, 15) is 4.39 Å². The molecule has 106 valence electrons. The predicted molar refractivity (Wildman–Crippen MR) is 80.0 cm³/mol. The van der Waals surface area contributed by atoms with E-state index in [0.29, 0.717) is 18.9 Å². The number of hydrogen-bond acceptors (Lipinski definition) is 3. The minimum atomic E-state index is -0.292. The van der Waals surface area contributed by atoms with Crippen molar-refractivity contribution in [3.05, 3.63) is 58.1 Å². The van der Waals surface area contributed by atoms with Crippen LogP contribution in [0, 0.1) is 5.82 Å². The normalized spacial score (nSPS) is 10.6. The summed E-state index contributed by atoms with van der Waals surface area (Å²) in [5.41, 5.74) is 1.66. The van der Waals surface area contributed by atoms with Crippen LogP contribution in [0.15, 0.2) is 41.0 Å². The Morgan fingerprint density at radius 2 is 2.15 bits per heavy atom. The summed E-state index contributed by atoms with van der Waals surface area (Å²) >= 11 is 3.32. The number of nitrogens with zero attached hydrogens (tertiary/aromatic N) is 1. The minimum absolute atomic E-state index is 0.292. The van der Waals surface area contributed by atoms with Gasteiger partial charge in [-0.25, -0.2) is 4.39 Å². The predicted octanol–water partition coefficient (Wildman–Crippen LogP) is 3.67. The molecule has 0 aliphatic rings. The first-order valence-corrected chi connectivity index (χ1v) is 7.20. The van der Waals surface area contributed by atoms with Crippen molar-refractivity contribution < 1.29 is 9.13 Å². The third-order valence-electron chi connectivity index (χ3n) is 2.69. The van der Waals surface area contributed by atoms with Crippen LogP contribution in [0.25, 0.3) is 0 Å². The summed E-state index contributed by atoms with van der Waals surface area (Å²) in [6, 6.07) is 8.49. The average molecular weight is 339 g/mol. The van der Waals surface area contributed by atoms with Crippen LogP contribution in [0.1, 0.15) is 18.2 Å².